The number of hydrogen-bond donors (Lipinski definition) is 0. The van der Waals surface area contributed by atoms with Gasteiger partial charge in [0.2, 0.25) is 0 Å². The van der Waals surface area contributed by atoms with Gasteiger partial charge in [-0.1, -0.05) is 0 Å². The summed E-state index contributed by atoms with van der Waals surface area (Å²) in [4.78, 5) is 0. The second kappa shape index (κ2) is 4.29. The van der Waals surface area contributed by atoms with E-state index in [1.807, 2.05) is 0 Å². The van der Waals surface area contributed by atoms with Crippen LogP contribution in [0.1, 0.15) is 39.0 Å². The summed E-state index contributed by atoms with van der Waals surface area (Å²) in [5, 5.41) is 8.56. The molecule has 2 saturated heterocycles. The van der Waals surface area contributed by atoms with Gasteiger partial charge in [-0.25, -0.2) is 0 Å². The fraction of sp³-hybridized carbons (Fsp3) is 0.909. The smallest absolute Gasteiger partial charge is 0.0842 e. The van der Waals surface area contributed by atoms with E-state index >= 15 is 0 Å². The average molecular weight is 195 g/mol. The first-order valence-electron chi connectivity index (χ1n) is 5.47. The van der Waals surface area contributed by atoms with Crippen LogP contribution in [-0.2, 0) is 9.47 Å². The Balaban J connectivity index is 1.81. The molecule has 0 aromatic rings. The van der Waals surface area contributed by atoms with E-state index in [1.165, 1.54) is 0 Å². The molecular weight excluding hydrogens is 178 g/mol. The Labute approximate surface area is 85.0 Å². The Morgan fingerprint density at radius 1 is 1.14 bits per heavy atom. The quantitative estimate of drug-likeness (QED) is 0.677. The van der Waals surface area contributed by atoms with E-state index in [4.69, 9.17) is 14.7 Å². The van der Waals surface area contributed by atoms with Gasteiger partial charge in [0.05, 0.1) is 36.9 Å². The number of nitrogens with zero attached hydrogens (tertiary/aromatic N) is 1. The highest BCUT2D eigenvalue weighted by Crippen LogP contribution is 2.31. The lowest BCUT2D eigenvalue weighted by atomic mass is 10.1. The molecule has 4 unspecified atom stereocenters. The fourth-order valence-electron chi connectivity index (χ4n) is 2.37. The van der Waals surface area contributed by atoms with Gasteiger partial charge in [0, 0.05) is 0 Å². The van der Waals surface area contributed by atoms with Crippen molar-refractivity contribution in [2.24, 2.45) is 0 Å². The molecule has 3 nitrogen and oxygen atoms in total. The van der Waals surface area contributed by atoms with Crippen LogP contribution in [-0.4, -0.2) is 24.4 Å². The van der Waals surface area contributed by atoms with Crippen molar-refractivity contribution < 1.29 is 9.47 Å². The van der Waals surface area contributed by atoms with Crippen LogP contribution in [0.2, 0.25) is 0 Å². The molecule has 0 bridgehead atoms. The lowest BCUT2D eigenvalue weighted by molar-refractivity contribution is -0.0601. The highest BCUT2D eigenvalue weighted by Gasteiger charge is 2.35. The maximum absolute atomic E-state index is 8.56. The standard InChI is InChI=1S/C11H17NO2/c1-8-2-4-10(13-8)11-5-3-9(14-11)6-7-12/h8-11H,2-6H2,1H3. The molecule has 0 radical (unpaired) electrons. The van der Waals surface area contributed by atoms with Crippen molar-refractivity contribution in [1.29, 1.82) is 5.26 Å². The Morgan fingerprint density at radius 2 is 1.86 bits per heavy atom. The first-order chi connectivity index (χ1) is 6.79. The molecule has 2 aliphatic heterocycles. The van der Waals surface area contributed by atoms with Gasteiger partial charge < -0.3 is 9.47 Å². The second-order valence-electron chi connectivity index (χ2n) is 4.30. The summed E-state index contributed by atoms with van der Waals surface area (Å²) in [6.07, 6.45) is 5.95. The van der Waals surface area contributed by atoms with Crippen molar-refractivity contribution in [3.63, 3.8) is 0 Å². The first-order valence-corrected chi connectivity index (χ1v) is 5.47. The van der Waals surface area contributed by atoms with Gasteiger partial charge in [-0.3, -0.25) is 0 Å². The van der Waals surface area contributed by atoms with Crippen LogP contribution in [0.4, 0.5) is 0 Å². The number of rotatable bonds is 2. The molecule has 14 heavy (non-hydrogen) atoms. The molecule has 0 aliphatic carbocycles. The Morgan fingerprint density at radius 3 is 2.50 bits per heavy atom. The lowest BCUT2D eigenvalue weighted by Crippen LogP contribution is -2.26. The van der Waals surface area contributed by atoms with Crippen LogP contribution < -0.4 is 0 Å². The van der Waals surface area contributed by atoms with Gasteiger partial charge in [-0.05, 0) is 32.6 Å². The van der Waals surface area contributed by atoms with Gasteiger partial charge in [0.15, 0.2) is 0 Å². The Bertz CT molecular complexity index is 236. The molecule has 3 heteroatoms. The minimum absolute atomic E-state index is 0.157. The third-order valence-corrected chi connectivity index (χ3v) is 3.14. The van der Waals surface area contributed by atoms with Crippen LogP contribution in [0, 0.1) is 11.3 Å². The predicted octanol–water partition coefficient (Wildman–Crippen LogP) is 2.02. The normalized spacial score (nSPS) is 42.6. The second-order valence-corrected chi connectivity index (χ2v) is 4.30. The molecule has 0 amide bonds. The molecule has 78 valence electrons. The van der Waals surface area contributed by atoms with E-state index in [2.05, 4.69) is 13.0 Å². The van der Waals surface area contributed by atoms with Crippen molar-refractivity contribution in [3.05, 3.63) is 0 Å². The number of nitriles is 1. The molecule has 2 aliphatic rings. The lowest BCUT2D eigenvalue weighted by Gasteiger charge is -2.19. The number of ether oxygens (including phenoxy) is 2. The minimum Gasteiger partial charge on any atom is -0.373 e. The van der Waals surface area contributed by atoms with Gasteiger partial charge in [-0.2, -0.15) is 5.26 Å². The van der Waals surface area contributed by atoms with E-state index in [-0.39, 0.29) is 18.3 Å². The maximum Gasteiger partial charge on any atom is 0.0842 e. The summed E-state index contributed by atoms with van der Waals surface area (Å²) in [5.74, 6) is 0. The summed E-state index contributed by atoms with van der Waals surface area (Å²) < 4.78 is 11.6. The summed E-state index contributed by atoms with van der Waals surface area (Å²) in [5.41, 5.74) is 0. The fourth-order valence-corrected chi connectivity index (χ4v) is 2.37. The van der Waals surface area contributed by atoms with Gasteiger partial charge >= 0.3 is 0 Å². The highest BCUT2D eigenvalue weighted by molar-refractivity contribution is 4.87. The van der Waals surface area contributed by atoms with Crippen molar-refractivity contribution in [1.82, 2.24) is 0 Å². The van der Waals surface area contributed by atoms with E-state index in [0.717, 1.165) is 25.7 Å². The predicted molar refractivity (Wildman–Crippen MR) is 51.7 cm³/mol. The average Bonchev–Trinajstić information content (AvgIpc) is 2.74. The number of hydrogen-bond acceptors (Lipinski definition) is 3. The zero-order valence-electron chi connectivity index (χ0n) is 8.61. The van der Waals surface area contributed by atoms with Gasteiger partial charge in [-0.15, -0.1) is 0 Å². The molecular formula is C11H17NO2. The Hall–Kier alpha value is -0.590. The SMILES string of the molecule is CC1CCC(C2CCC(CC#N)O2)O1. The highest BCUT2D eigenvalue weighted by atomic mass is 16.6. The molecule has 2 heterocycles. The monoisotopic (exact) mass is 195 g/mol. The topological polar surface area (TPSA) is 42.2 Å². The third-order valence-electron chi connectivity index (χ3n) is 3.14. The molecule has 0 saturated carbocycles. The van der Waals surface area contributed by atoms with E-state index in [0.29, 0.717) is 12.5 Å². The zero-order valence-corrected chi connectivity index (χ0v) is 8.61. The van der Waals surface area contributed by atoms with Crippen LogP contribution >= 0.6 is 0 Å². The Kier molecular flexibility index (Phi) is 3.05. The minimum atomic E-state index is 0.157. The summed E-state index contributed by atoms with van der Waals surface area (Å²) in [6.45, 7) is 2.11. The van der Waals surface area contributed by atoms with Crippen molar-refractivity contribution >= 4 is 0 Å². The first kappa shape index (κ1) is 9.95. The van der Waals surface area contributed by atoms with Gasteiger partial charge in [0.1, 0.15) is 0 Å². The van der Waals surface area contributed by atoms with Crippen LogP contribution in [0.3, 0.4) is 0 Å². The molecule has 0 aromatic carbocycles. The largest absolute Gasteiger partial charge is 0.373 e. The zero-order chi connectivity index (χ0) is 9.97. The van der Waals surface area contributed by atoms with E-state index in [9.17, 15) is 0 Å². The molecule has 0 N–H and O–H groups in total. The summed E-state index contributed by atoms with van der Waals surface area (Å²) >= 11 is 0. The van der Waals surface area contributed by atoms with Crippen LogP contribution in [0.15, 0.2) is 0 Å². The van der Waals surface area contributed by atoms with E-state index < -0.39 is 0 Å². The molecule has 2 fully saturated rings. The summed E-state index contributed by atoms with van der Waals surface area (Å²) in [7, 11) is 0. The van der Waals surface area contributed by atoms with Crippen molar-refractivity contribution in [3.8, 4) is 6.07 Å². The van der Waals surface area contributed by atoms with E-state index in [1.54, 1.807) is 0 Å². The van der Waals surface area contributed by atoms with Gasteiger partial charge in [0.25, 0.3) is 0 Å². The maximum atomic E-state index is 8.56. The van der Waals surface area contributed by atoms with Crippen molar-refractivity contribution in [2.75, 3.05) is 0 Å². The third kappa shape index (κ3) is 2.08. The molecule has 0 spiro atoms. The van der Waals surface area contributed by atoms with Crippen LogP contribution in [0.5, 0.6) is 0 Å². The molecule has 2 rings (SSSR count). The molecule has 0 aromatic heterocycles. The summed E-state index contributed by atoms with van der Waals surface area (Å²) in [6, 6.07) is 2.16. The molecule has 4 atom stereocenters. The van der Waals surface area contributed by atoms with Crippen molar-refractivity contribution in [2.45, 2.75) is 63.4 Å². The van der Waals surface area contributed by atoms with Crippen LogP contribution in [0.25, 0.3) is 0 Å².